The van der Waals surface area contributed by atoms with Gasteiger partial charge in [0.1, 0.15) is 0 Å². The predicted molar refractivity (Wildman–Crippen MR) is 74.5 cm³/mol. The summed E-state index contributed by atoms with van der Waals surface area (Å²) in [5, 5.41) is 0. The van der Waals surface area contributed by atoms with E-state index in [0.717, 1.165) is 23.9 Å². The number of nitrogens with zero attached hydrogens (tertiary/aromatic N) is 1. The zero-order valence-electron chi connectivity index (χ0n) is 9.40. The first-order valence-electron chi connectivity index (χ1n) is 5.61. The van der Waals surface area contributed by atoms with E-state index in [0.29, 0.717) is 17.0 Å². The number of carbonyl (C=O) groups is 1. The van der Waals surface area contributed by atoms with E-state index in [4.69, 9.17) is 5.73 Å². The van der Waals surface area contributed by atoms with Crippen LogP contribution < -0.4 is 5.73 Å². The third-order valence-corrected chi connectivity index (χ3v) is 3.80. The van der Waals surface area contributed by atoms with E-state index in [-0.39, 0.29) is 11.9 Å². The summed E-state index contributed by atoms with van der Waals surface area (Å²) in [6, 6.07) is 5.60. The maximum atomic E-state index is 12.3. The molecule has 2 rings (SSSR count). The molecule has 0 radical (unpaired) electrons. The highest BCUT2D eigenvalue weighted by Crippen LogP contribution is 2.22. The monoisotopic (exact) mass is 314 g/mol. The van der Waals surface area contributed by atoms with Crippen LogP contribution in [0.5, 0.6) is 0 Å². The van der Waals surface area contributed by atoms with Crippen molar-refractivity contribution >= 4 is 34.5 Å². The van der Waals surface area contributed by atoms with Crippen molar-refractivity contribution in [2.24, 2.45) is 5.73 Å². The average Bonchev–Trinajstić information content (AvgIpc) is 2.28. The minimum Gasteiger partial charge on any atom is -0.337 e. The lowest BCUT2D eigenvalue weighted by Gasteiger charge is -2.31. The summed E-state index contributed by atoms with van der Waals surface area (Å²) in [5.41, 5.74) is 6.53. The summed E-state index contributed by atoms with van der Waals surface area (Å²) in [6.45, 7) is 1.43. The molecule has 1 saturated heterocycles. The summed E-state index contributed by atoms with van der Waals surface area (Å²) in [5.74, 6) is 0.0256. The van der Waals surface area contributed by atoms with Crippen molar-refractivity contribution in [2.45, 2.75) is 23.8 Å². The molecular weight excluding hydrogens is 300 g/mol. The first-order valence-corrected chi connectivity index (χ1v) is 6.85. The molecule has 1 fully saturated rings. The van der Waals surface area contributed by atoms with Gasteiger partial charge in [-0.25, -0.2) is 0 Å². The number of piperidine rings is 1. The molecule has 5 heteroatoms. The van der Waals surface area contributed by atoms with Gasteiger partial charge in [-0.15, -0.1) is 12.6 Å². The van der Waals surface area contributed by atoms with E-state index in [1.807, 2.05) is 17.0 Å². The van der Waals surface area contributed by atoms with Gasteiger partial charge in [0.15, 0.2) is 0 Å². The van der Waals surface area contributed by atoms with Gasteiger partial charge in [0, 0.05) is 28.5 Å². The fraction of sp³-hybridized carbons (Fsp3) is 0.417. The molecule has 1 aromatic carbocycles. The fourth-order valence-corrected chi connectivity index (χ4v) is 2.90. The van der Waals surface area contributed by atoms with Crippen molar-refractivity contribution in [1.82, 2.24) is 4.90 Å². The van der Waals surface area contributed by atoms with Crippen LogP contribution in [-0.2, 0) is 0 Å². The van der Waals surface area contributed by atoms with Crippen molar-refractivity contribution in [1.29, 1.82) is 0 Å². The molecular formula is C12H15BrN2OS. The first-order chi connectivity index (χ1) is 8.08. The highest BCUT2D eigenvalue weighted by Gasteiger charge is 2.23. The van der Waals surface area contributed by atoms with E-state index in [9.17, 15) is 4.79 Å². The highest BCUT2D eigenvalue weighted by atomic mass is 79.9. The maximum absolute atomic E-state index is 12.3. The summed E-state index contributed by atoms with van der Waals surface area (Å²) in [4.78, 5) is 14.8. The SMILES string of the molecule is NC1CCCN(C(=O)c2ccc(Br)cc2S)C1. The van der Waals surface area contributed by atoms with E-state index in [1.54, 1.807) is 6.07 Å². The van der Waals surface area contributed by atoms with Crippen LogP contribution in [0.4, 0.5) is 0 Å². The summed E-state index contributed by atoms with van der Waals surface area (Å²) >= 11 is 7.70. The second-order valence-corrected chi connectivity index (χ2v) is 5.71. The number of likely N-dealkylation sites (tertiary alicyclic amines) is 1. The fourth-order valence-electron chi connectivity index (χ4n) is 2.05. The van der Waals surface area contributed by atoms with Crippen LogP contribution >= 0.6 is 28.6 Å². The lowest BCUT2D eigenvalue weighted by Crippen LogP contribution is -2.45. The van der Waals surface area contributed by atoms with Crippen LogP contribution in [0.25, 0.3) is 0 Å². The molecule has 1 heterocycles. The third-order valence-electron chi connectivity index (χ3n) is 2.94. The molecule has 0 spiro atoms. The van der Waals surface area contributed by atoms with Gasteiger partial charge in [0.05, 0.1) is 5.56 Å². The van der Waals surface area contributed by atoms with Crippen molar-refractivity contribution in [3.63, 3.8) is 0 Å². The number of hydrogen-bond acceptors (Lipinski definition) is 3. The number of rotatable bonds is 1. The number of benzene rings is 1. The van der Waals surface area contributed by atoms with Crippen molar-refractivity contribution in [3.05, 3.63) is 28.2 Å². The Hall–Kier alpha value is -0.520. The third kappa shape index (κ3) is 3.03. The molecule has 92 valence electrons. The second-order valence-electron chi connectivity index (χ2n) is 4.31. The highest BCUT2D eigenvalue weighted by molar-refractivity contribution is 9.10. The van der Waals surface area contributed by atoms with Crippen molar-refractivity contribution in [2.75, 3.05) is 13.1 Å². The Morgan fingerprint density at radius 2 is 2.29 bits per heavy atom. The quantitative estimate of drug-likeness (QED) is 0.781. The number of halogens is 1. The van der Waals surface area contributed by atoms with Crippen LogP contribution in [0, 0.1) is 0 Å². The van der Waals surface area contributed by atoms with Gasteiger partial charge in [-0.05, 0) is 31.0 Å². The number of amides is 1. The number of hydrogen-bond donors (Lipinski definition) is 2. The Bertz CT molecular complexity index is 439. The van der Waals surface area contributed by atoms with Gasteiger partial charge in [-0.3, -0.25) is 4.79 Å². The molecule has 0 aliphatic carbocycles. The molecule has 0 bridgehead atoms. The maximum Gasteiger partial charge on any atom is 0.255 e. The Morgan fingerprint density at radius 1 is 1.53 bits per heavy atom. The van der Waals surface area contributed by atoms with E-state index >= 15 is 0 Å². The van der Waals surface area contributed by atoms with Gasteiger partial charge in [0.2, 0.25) is 0 Å². The predicted octanol–water partition coefficient (Wildman–Crippen LogP) is 2.30. The Labute approximate surface area is 115 Å². The summed E-state index contributed by atoms with van der Waals surface area (Å²) < 4.78 is 0.925. The smallest absolute Gasteiger partial charge is 0.255 e. The average molecular weight is 315 g/mol. The van der Waals surface area contributed by atoms with Gasteiger partial charge in [-0.2, -0.15) is 0 Å². The molecule has 3 nitrogen and oxygen atoms in total. The minimum atomic E-state index is 0.0256. The van der Waals surface area contributed by atoms with Gasteiger partial charge >= 0.3 is 0 Å². The Kier molecular flexibility index (Phi) is 4.12. The van der Waals surface area contributed by atoms with Crippen LogP contribution in [0.3, 0.4) is 0 Å². The first kappa shape index (κ1) is 12.9. The normalized spacial score (nSPS) is 20.4. The molecule has 1 aromatic rings. The lowest BCUT2D eigenvalue weighted by atomic mass is 10.1. The largest absolute Gasteiger partial charge is 0.337 e. The summed E-state index contributed by atoms with van der Waals surface area (Å²) in [7, 11) is 0. The molecule has 1 unspecified atom stereocenters. The molecule has 2 N–H and O–H groups in total. The standard InChI is InChI=1S/C12H15BrN2OS/c13-8-3-4-10(11(17)6-8)12(16)15-5-1-2-9(14)7-15/h3-4,6,9,17H,1-2,5,7,14H2. The topological polar surface area (TPSA) is 46.3 Å². The molecule has 1 atom stereocenters. The second kappa shape index (κ2) is 5.42. The number of carbonyl (C=O) groups excluding carboxylic acids is 1. The number of thiol groups is 1. The molecule has 0 aromatic heterocycles. The van der Waals surface area contributed by atoms with Crippen molar-refractivity contribution in [3.8, 4) is 0 Å². The van der Waals surface area contributed by atoms with Crippen molar-refractivity contribution < 1.29 is 4.79 Å². The zero-order chi connectivity index (χ0) is 12.4. The molecule has 1 aliphatic rings. The van der Waals surface area contributed by atoms with Crippen LogP contribution in [0.15, 0.2) is 27.6 Å². The number of nitrogens with two attached hydrogens (primary N) is 1. The Balaban J connectivity index is 2.18. The van der Waals surface area contributed by atoms with E-state index in [2.05, 4.69) is 28.6 Å². The van der Waals surface area contributed by atoms with Crippen LogP contribution in [-0.4, -0.2) is 29.9 Å². The Morgan fingerprint density at radius 3 is 2.94 bits per heavy atom. The van der Waals surface area contributed by atoms with Gasteiger partial charge in [0.25, 0.3) is 5.91 Å². The van der Waals surface area contributed by atoms with E-state index < -0.39 is 0 Å². The molecule has 17 heavy (non-hydrogen) atoms. The summed E-state index contributed by atoms with van der Waals surface area (Å²) in [6.07, 6.45) is 1.98. The lowest BCUT2D eigenvalue weighted by molar-refractivity contribution is 0.0705. The van der Waals surface area contributed by atoms with Gasteiger partial charge in [-0.1, -0.05) is 15.9 Å². The van der Waals surface area contributed by atoms with E-state index in [1.165, 1.54) is 0 Å². The molecule has 0 saturated carbocycles. The minimum absolute atomic E-state index is 0.0256. The molecule has 1 aliphatic heterocycles. The van der Waals surface area contributed by atoms with Crippen LogP contribution in [0.1, 0.15) is 23.2 Å². The zero-order valence-corrected chi connectivity index (χ0v) is 11.9. The van der Waals surface area contributed by atoms with Gasteiger partial charge < -0.3 is 10.6 Å². The molecule has 1 amide bonds. The van der Waals surface area contributed by atoms with Crippen LogP contribution in [0.2, 0.25) is 0 Å².